The lowest BCUT2D eigenvalue weighted by Crippen LogP contribution is -2.38. The second-order valence-electron chi connectivity index (χ2n) is 8.74. The number of hydrogen-bond acceptors (Lipinski definition) is 7. The molecule has 1 aliphatic heterocycles. The molecule has 1 fully saturated rings. The summed E-state index contributed by atoms with van der Waals surface area (Å²) in [6.45, 7) is 8.44. The highest BCUT2D eigenvalue weighted by Gasteiger charge is 2.28. The molecule has 2 aromatic rings. The number of carbonyl (C=O) groups excluding carboxylic acids is 1. The summed E-state index contributed by atoms with van der Waals surface area (Å²) in [5.74, 6) is 1.44. The van der Waals surface area contributed by atoms with Crippen molar-refractivity contribution in [2.45, 2.75) is 58.8 Å². The van der Waals surface area contributed by atoms with Crippen molar-refractivity contribution in [1.29, 1.82) is 0 Å². The average molecular weight is 459 g/mol. The first-order valence-corrected chi connectivity index (χ1v) is 11.6. The molecule has 0 amide bonds. The SMILES string of the molecule is CC(C)C.COCCCOc1cc(COCC(N)C2CCC(=O)O2)ccc1-c1ccncc1. The Morgan fingerprint density at radius 3 is 2.52 bits per heavy atom. The second-order valence-corrected chi connectivity index (χ2v) is 8.74. The van der Waals surface area contributed by atoms with Crippen molar-refractivity contribution in [3.8, 4) is 16.9 Å². The van der Waals surface area contributed by atoms with Gasteiger partial charge in [0.25, 0.3) is 0 Å². The fraction of sp³-hybridized carbons (Fsp3) is 0.538. The number of benzene rings is 1. The van der Waals surface area contributed by atoms with Gasteiger partial charge in [-0.15, -0.1) is 0 Å². The summed E-state index contributed by atoms with van der Waals surface area (Å²) in [5, 5.41) is 0. The Morgan fingerprint density at radius 2 is 1.88 bits per heavy atom. The summed E-state index contributed by atoms with van der Waals surface area (Å²) in [7, 11) is 1.68. The molecular formula is C26H38N2O5. The Kier molecular flexibility index (Phi) is 11.9. The number of ether oxygens (including phenoxy) is 4. The second kappa shape index (κ2) is 14.6. The van der Waals surface area contributed by atoms with Gasteiger partial charge in [0.05, 0.1) is 25.9 Å². The molecule has 33 heavy (non-hydrogen) atoms. The summed E-state index contributed by atoms with van der Waals surface area (Å²) < 4.78 is 22.1. The van der Waals surface area contributed by atoms with Crippen LogP contribution in [0, 0.1) is 5.92 Å². The van der Waals surface area contributed by atoms with Gasteiger partial charge in [-0.2, -0.15) is 0 Å². The molecule has 7 heteroatoms. The number of cyclic esters (lactones) is 1. The van der Waals surface area contributed by atoms with E-state index in [1.165, 1.54) is 0 Å². The molecule has 1 aromatic heterocycles. The summed E-state index contributed by atoms with van der Waals surface area (Å²) in [5.41, 5.74) is 9.12. The zero-order chi connectivity index (χ0) is 24.1. The van der Waals surface area contributed by atoms with Gasteiger partial charge in [0, 0.05) is 44.5 Å². The lowest BCUT2D eigenvalue weighted by molar-refractivity contribution is -0.142. The summed E-state index contributed by atoms with van der Waals surface area (Å²) >= 11 is 0. The van der Waals surface area contributed by atoms with Gasteiger partial charge in [-0.25, -0.2) is 0 Å². The highest BCUT2D eigenvalue weighted by molar-refractivity contribution is 5.71. The van der Waals surface area contributed by atoms with Crippen molar-refractivity contribution in [2.75, 3.05) is 26.9 Å². The van der Waals surface area contributed by atoms with E-state index in [0.29, 0.717) is 39.3 Å². The van der Waals surface area contributed by atoms with Crippen LogP contribution in [0.3, 0.4) is 0 Å². The quantitative estimate of drug-likeness (QED) is 0.395. The zero-order valence-corrected chi connectivity index (χ0v) is 20.3. The first kappa shape index (κ1) is 26.8. The van der Waals surface area contributed by atoms with Crippen molar-refractivity contribution in [1.82, 2.24) is 4.98 Å². The Balaban J connectivity index is 0.000000890. The fourth-order valence-corrected chi connectivity index (χ4v) is 3.20. The van der Waals surface area contributed by atoms with Gasteiger partial charge in [-0.3, -0.25) is 9.78 Å². The molecule has 2 heterocycles. The van der Waals surface area contributed by atoms with E-state index in [2.05, 4.69) is 25.8 Å². The van der Waals surface area contributed by atoms with Crippen LogP contribution in [0.1, 0.15) is 45.6 Å². The fourth-order valence-electron chi connectivity index (χ4n) is 3.20. The van der Waals surface area contributed by atoms with Crippen LogP contribution >= 0.6 is 0 Å². The van der Waals surface area contributed by atoms with Crippen LogP contribution < -0.4 is 10.5 Å². The molecule has 0 spiro atoms. The number of methoxy groups -OCH3 is 1. The predicted octanol–water partition coefficient (Wildman–Crippen LogP) is 4.38. The minimum Gasteiger partial charge on any atom is -0.493 e. The third kappa shape index (κ3) is 9.90. The van der Waals surface area contributed by atoms with Gasteiger partial charge in [0.2, 0.25) is 0 Å². The maximum atomic E-state index is 11.2. The minimum atomic E-state index is -0.317. The summed E-state index contributed by atoms with van der Waals surface area (Å²) in [6.07, 6.45) is 5.16. The maximum absolute atomic E-state index is 11.2. The Labute approximate surface area is 197 Å². The number of esters is 1. The van der Waals surface area contributed by atoms with Gasteiger partial charge in [0.15, 0.2) is 0 Å². The van der Waals surface area contributed by atoms with E-state index in [1.807, 2.05) is 30.3 Å². The van der Waals surface area contributed by atoms with Gasteiger partial charge in [0.1, 0.15) is 11.9 Å². The smallest absolute Gasteiger partial charge is 0.306 e. The molecule has 0 bridgehead atoms. The van der Waals surface area contributed by atoms with Gasteiger partial charge in [-0.05, 0) is 41.7 Å². The van der Waals surface area contributed by atoms with Gasteiger partial charge < -0.3 is 24.7 Å². The molecule has 2 atom stereocenters. The van der Waals surface area contributed by atoms with Crippen molar-refractivity contribution in [3.63, 3.8) is 0 Å². The van der Waals surface area contributed by atoms with Crippen LogP contribution in [0.2, 0.25) is 0 Å². The minimum absolute atomic E-state index is 0.188. The maximum Gasteiger partial charge on any atom is 0.306 e. The Bertz CT molecular complexity index is 826. The highest BCUT2D eigenvalue weighted by Crippen LogP contribution is 2.31. The standard InChI is InChI=1S/C22H28N2O5.C4H10/c1-26-11-2-12-28-21-13-16(3-4-18(21)17-7-9-24-10-8-17)14-27-15-19(23)20-5-6-22(25)29-20;1-4(2)3/h3-4,7-10,13,19-20H,2,5-6,11-12,14-15,23H2,1H3;4H,1-3H3. The lowest BCUT2D eigenvalue weighted by Gasteiger charge is -2.18. The lowest BCUT2D eigenvalue weighted by atomic mass is 10.0. The van der Waals surface area contributed by atoms with E-state index in [4.69, 9.17) is 24.7 Å². The number of nitrogens with zero attached hydrogens (tertiary/aromatic N) is 1. The van der Waals surface area contributed by atoms with Crippen molar-refractivity contribution < 1.29 is 23.7 Å². The number of rotatable bonds is 11. The molecule has 0 aliphatic carbocycles. The third-order valence-electron chi connectivity index (χ3n) is 4.76. The van der Waals surface area contributed by atoms with Crippen molar-refractivity contribution >= 4 is 5.97 Å². The first-order chi connectivity index (χ1) is 15.9. The first-order valence-electron chi connectivity index (χ1n) is 11.6. The van der Waals surface area contributed by atoms with Crippen molar-refractivity contribution in [2.24, 2.45) is 11.7 Å². The summed E-state index contributed by atoms with van der Waals surface area (Å²) in [4.78, 5) is 15.3. The molecule has 1 aliphatic rings. The van der Waals surface area contributed by atoms with Crippen LogP contribution in [0.5, 0.6) is 5.75 Å². The molecule has 7 nitrogen and oxygen atoms in total. The molecule has 1 aromatic carbocycles. The largest absolute Gasteiger partial charge is 0.493 e. The zero-order valence-electron chi connectivity index (χ0n) is 20.3. The van der Waals surface area contributed by atoms with E-state index in [0.717, 1.165) is 34.8 Å². The van der Waals surface area contributed by atoms with E-state index in [9.17, 15) is 4.79 Å². The molecular weight excluding hydrogens is 420 g/mol. The number of pyridine rings is 1. The van der Waals surface area contributed by atoms with Crippen LogP contribution in [0.4, 0.5) is 0 Å². The van der Waals surface area contributed by atoms with E-state index in [-0.39, 0.29) is 18.1 Å². The number of hydrogen-bond donors (Lipinski definition) is 1. The average Bonchev–Trinajstić information content (AvgIpc) is 3.23. The van der Waals surface area contributed by atoms with Crippen LogP contribution in [0.25, 0.3) is 11.1 Å². The van der Waals surface area contributed by atoms with E-state index >= 15 is 0 Å². The normalized spacial score (nSPS) is 16.2. The highest BCUT2D eigenvalue weighted by atomic mass is 16.6. The predicted molar refractivity (Wildman–Crippen MR) is 129 cm³/mol. The molecule has 0 radical (unpaired) electrons. The van der Waals surface area contributed by atoms with Crippen molar-refractivity contribution in [3.05, 3.63) is 48.3 Å². The molecule has 3 rings (SSSR count). The number of aromatic nitrogens is 1. The monoisotopic (exact) mass is 458 g/mol. The van der Waals surface area contributed by atoms with E-state index < -0.39 is 0 Å². The Hall–Kier alpha value is -2.48. The number of nitrogens with two attached hydrogens (primary N) is 1. The Morgan fingerprint density at radius 1 is 1.15 bits per heavy atom. The third-order valence-corrected chi connectivity index (χ3v) is 4.76. The molecule has 1 saturated heterocycles. The molecule has 182 valence electrons. The topological polar surface area (TPSA) is 92.9 Å². The van der Waals surface area contributed by atoms with Gasteiger partial charge in [-0.1, -0.05) is 32.9 Å². The molecule has 2 unspecified atom stereocenters. The van der Waals surface area contributed by atoms with E-state index in [1.54, 1.807) is 19.5 Å². The summed E-state index contributed by atoms with van der Waals surface area (Å²) in [6, 6.07) is 9.62. The van der Waals surface area contributed by atoms with Crippen LogP contribution in [0.15, 0.2) is 42.7 Å². The number of carbonyl (C=O) groups is 1. The van der Waals surface area contributed by atoms with Crippen LogP contribution in [-0.4, -0.2) is 50.0 Å². The van der Waals surface area contributed by atoms with Gasteiger partial charge >= 0.3 is 5.97 Å². The molecule has 0 saturated carbocycles. The molecule has 2 N–H and O–H groups in total. The van der Waals surface area contributed by atoms with Crippen LogP contribution in [-0.2, 0) is 25.6 Å².